The molecule has 1 aromatic rings. The minimum Gasteiger partial charge on any atom is -0.500 e. The van der Waals surface area contributed by atoms with Crippen LogP contribution in [0.2, 0.25) is 0 Å². The van der Waals surface area contributed by atoms with Crippen molar-refractivity contribution in [3.63, 3.8) is 0 Å². The van der Waals surface area contributed by atoms with Gasteiger partial charge in [0.15, 0.2) is 5.75 Å². The molecule has 1 rings (SSSR count). The molecule has 0 aliphatic heterocycles. The number of hydrogen-bond acceptors (Lipinski definition) is 5. The predicted octanol–water partition coefficient (Wildman–Crippen LogP) is 3.68. The van der Waals surface area contributed by atoms with E-state index in [0.717, 1.165) is 19.3 Å². The van der Waals surface area contributed by atoms with Gasteiger partial charge in [0.2, 0.25) is 11.7 Å². The highest BCUT2D eigenvalue weighted by molar-refractivity contribution is 5.75. The Morgan fingerprint density at radius 1 is 1.25 bits per heavy atom. The van der Waals surface area contributed by atoms with Crippen molar-refractivity contribution in [2.24, 2.45) is 0 Å². The Morgan fingerprint density at radius 2 is 1.92 bits per heavy atom. The number of phenols is 1. The Kier molecular flexibility index (Phi) is 8.60. The second-order valence-corrected chi connectivity index (χ2v) is 5.72. The molecule has 1 aromatic carbocycles. The lowest BCUT2D eigenvalue weighted by Crippen LogP contribution is -2.22. The van der Waals surface area contributed by atoms with Crippen molar-refractivity contribution in [3.8, 4) is 11.5 Å². The maximum Gasteiger partial charge on any atom is 0.315 e. The second kappa shape index (κ2) is 10.5. The molecule has 0 heterocycles. The van der Waals surface area contributed by atoms with Gasteiger partial charge < -0.3 is 15.2 Å². The smallest absolute Gasteiger partial charge is 0.315 e. The zero-order valence-electron chi connectivity index (χ0n) is 14.3. The number of hydrogen-bond donors (Lipinski definition) is 2. The fraction of sp³-hybridized carbons (Fsp3) is 0.588. The maximum absolute atomic E-state index is 11.8. The molecule has 0 radical (unpaired) electrons. The van der Waals surface area contributed by atoms with Crippen molar-refractivity contribution < 1.29 is 19.6 Å². The van der Waals surface area contributed by atoms with Crippen molar-refractivity contribution in [1.82, 2.24) is 5.32 Å². The second-order valence-electron chi connectivity index (χ2n) is 5.72. The van der Waals surface area contributed by atoms with Crippen LogP contribution in [0.3, 0.4) is 0 Å². The first kappa shape index (κ1) is 19.7. The summed E-state index contributed by atoms with van der Waals surface area (Å²) in [5, 5.41) is 23.4. The Hall–Kier alpha value is -2.31. The van der Waals surface area contributed by atoms with E-state index in [1.807, 2.05) is 0 Å². The van der Waals surface area contributed by atoms with E-state index in [4.69, 9.17) is 4.74 Å². The molecule has 134 valence electrons. The highest BCUT2D eigenvalue weighted by Crippen LogP contribution is 2.36. The number of unbranched alkanes of at least 4 members (excludes halogenated alkanes) is 5. The number of carbonyl (C=O) groups excluding carboxylic acids is 1. The van der Waals surface area contributed by atoms with Crippen LogP contribution in [0.5, 0.6) is 11.5 Å². The molecule has 0 atom stereocenters. The highest BCUT2D eigenvalue weighted by atomic mass is 16.6. The molecule has 7 heteroatoms. The molecule has 0 saturated carbocycles. The molecule has 0 aliphatic carbocycles. The number of nitro benzene ring substituents is 1. The molecular weight excluding hydrogens is 312 g/mol. The lowest BCUT2D eigenvalue weighted by Gasteiger charge is -2.09. The lowest BCUT2D eigenvalue weighted by molar-refractivity contribution is -0.386. The average molecular weight is 338 g/mol. The van der Waals surface area contributed by atoms with E-state index in [1.54, 1.807) is 0 Å². The summed E-state index contributed by atoms with van der Waals surface area (Å²) < 4.78 is 4.93. The highest BCUT2D eigenvalue weighted by Gasteiger charge is 2.19. The van der Waals surface area contributed by atoms with E-state index in [9.17, 15) is 20.0 Å². The summed E-state index contributed by atoms with van der Waals surface area (Å²) in [6, 6.07) is 2.72. The normalized spacial score (nSPS) is 10.4. The molecule has 0 saturated heterocycles. The summed E-state index contributed by atoms with van der Waals surface area (Å²) in [4.78, 5) is 22.1. The summed E-state index contributed by atoms with van der Waals surface area (Å²) in [5.41, 5.74) is 0.0715. The van der Waals surface area contributed by atoms with E-state index < -0.39 is 16.4 Å². The van der Waals surface area contributed by atoms with Crippen LogP contribution in [0.4, 0.5) is 5.69 Å². The fourth-order valence-electron chi connectivity index (χ4n) is 2.40. The monoisotopic (exact) mass is 338 g/mol. The SMILES string of the molecule is CCCCCCCCC(=O)NCc1cc(OC)c(O)c([N+](=O)[O-])c1. The molecule has 24 heavy (non-hydrogen) atoms. The predicted molar refractivity (Wildman–Crippen MR) is 91.2 cm³/mol. The van der Waals surface area contributed by atoms with Crippen LogP contribution in [-0.2, 0) is 11.3 Å². The topological polar surface area (TPSA) is 102 Å². The molecule has 0 fully saturated rings. The maximum atomic E-state index is 11.8. The van der Waals surface area contributed by atoms with Crippen LogP contribution in [0.25, 0.3) is 0 Å². The van der Waals surface area contributed by atoms with Gasteiger partial charge in [-0.25, -0.2) is 0 Å². The Balaban J connectivity index is 2.47. The molecule has 7 nitrogen and oxygen atoms in total. The van der Waals surface area contributed by atoms with Crippen LogP contribution < -0.4 is 10.1 Å². The standard InChI is InChI=1S/C17H26N2O5/c1-3-4-5-6-7-8-9-16(20)18-12-13-10-14(19(22)23)17(21)15(11-13)24-2/h10-11,21H,3-9,12H2,1-2H3,(H,18,20). The molecule has 0 aromatic heterocycles. The molecule has 0 unspecified atom stereocenters. The van der Waals surface area contributed by atoms with Gasteiger partial charge in [0, 0.05) is 19.0 Å². The van der Waals surface area contributed by atoms with Gasteiger partial charge in [0.05, 0.1) is 12.0 Å². The largest absolute Gasteiger partial charge is 0.500 e. The van der Waals surface area contributed by atoms with E-state index in [0.29, 0.717) is 12.0 Å². The van der Waals surface area contributed by atoms with Crippen molar-refractivity contribution in [2.75, 3.05) is 7.11 Å². The van der Waals surface area contributed by atoms with Crippen LogP contribution in [0.1, 0.15) is 57.4 Å². The van der Waals surface area contributed by atoms with Crippen molar-refractivity contribution >= 4 is 11.6 Å². The third-order valence-electron chi connectivity index (χ3n) is 3.78. The number of carbonyl (C=O) groups is 1. The summed E-state index contributed by atoms with van der Waals surface area (Å²) in [6.07, 6.45) is 7.10. The number of ether oxygens (including phenoxy) is 1. The van der Waals surface area contributed by atoms with Crippen molar-refractivity contribution in [3.05, 3.63) is 27.8 Å². The van der Waals surface area contributed by atoms with Crippen LogP contribution in [-0.4, -0.2) is 23.0 Å². The number of nitro groups is 1. The molecule has 0 aliphatic rings. The number of aromatic hydroxyl groups is 1. The number of nitrogens with zero attached hydrogens (tertiary/aromatic N) is 1. The summed E-state index contributed by atoms with van der Waals surface area (Å²) in [6.45, 7) is 2.32. The number of methoxy groups -OCH3 is 1. The number of rotatable bonds is 11. The minimum absolute atomic E-state index is 0.0179. The molecule has 1 amide bonds. The van der Waals surface area contributed by atoms with Crippen molar-refractivity contribution in [1.29, 1.82) is 0 Å². The summed E-state index contributed by atoms with van der Waals surface area (Å²) in [5.74, 6) is -0.575. The van der Waals surface area contributed by atoms with Crippen molar-refractivity contribution in [2.45, 2.75) is 58.4 Å². The number of amides is 1. The van der Waals surface area contributed by atoms with Gasteiger partial charge in [-0.2, -0.15) is 0 Å². The Bertz CT molecular complexity index is 560. The van der Waals surface area contributed by atoms with Gasteiger partial charge in [-0.15, -0.1) is 0 Å². The zero-order valence-corrected chi connectivity index (χ0v) is 14.3. The van der Waals surface area contributed by atoms with E-state index >= 15 is 0 Å². The van der Waals surface area contributed by atoms with Gasteiger partial charge in [0.25, 0.3) is 0 Å². The Labute approximate surface area is 142 Å². The number of nitrogens with one attached hydrogen (secondary N) is 1. The molecule has 0 bridgehead atoms. The number of phenolic OH excluding ortho intramolecular Hbond substituents is 1. The Morgan fingerprint density at radius 3 is 2.54 bits per heavy atom. The van der Waals surface area contributed by atoms with Crippen LogP contribution in [0, 0.1) is 10.1 Å². The number of benzene rings is 1. The summed E-state index contributed by atoms with van der Waals surface area (Å²) in [7, 11) is 1.32. The van der Waals surface area contributed by atoms with Gasteiger partial charge in [-0.05, 0) is 18.1 Å². The summed E-state index contributed by atoms with van der Waals surface area (Å²) >= 11 is 0. The zero-order chi connectivity index (χ0) is 17.9. The van der Waals surface area contributed by atoms with Gasteiger partial charge in [-0.3, -0.25) is 14.9 Å². The van der Waals surface area contributed by atoms with Crippen LogP contribution >= 0.6 is 0 Å². The molecular formula is C17H26N2O5. The van der Waals surface area contributed by atoms with E-state index in [1.165, 1.54) is 38.5 Å². The van der Waals surface area contributed by atoms with Gasteiger partial charge >= 0.3 is 5.69 Å². The van der Waals surface area contributed by atoms with E-state index in [-0.39, 0.29) is 18.2 Å². The van der Waals surface area contributed by atoms with Gasteiger partial charge in [-0.1, -0.05) is 39.0 Å². The fourth-order valence-corrected chi connectivity index (χ4v) is 2.40. The first-order chi connectivity index (χ1) is 11.5. The van der Waals surface area contributed by atoms with E-state index in [2.05, 4.69) is 12.2 Å². The third-order valence-corrected chi connectivity index (χ3v) is 3.78. The van der Waals surface area contributed by atoms with Gasteiger partial charge in [0.1, 0.15) is 0 Å². The lowest BCUT2D eigenvalue weighted by atomic mass is 10.1. The van der Waals surface area contributed by atoms with Crippen LogP contribution in [0.15, 0.2) is 12.1 Å². The molecule has 2 N–H and O–H groups in total. The first-order valence-electron chi connectivity index (χ1n) is 8.30. The quantitative estimate of drug-likeness (QED) is 0.364. The third kappa shape index (κ3) is 6.44. The minimum atomic E-state index is -0.681. The average Bonchev–Trinajstić information content (AvgIpc) is 2.56. The first-order valence-corrected chi connectivity index (χ1v) is 8.30. The molecule has 0 spiro atoms.